The molecular formula is C12H18. The van der Waals surface area contributed by atoms with Crippen LogP contribution >= 0.6 is 0 Å². The molecule has 0 nitrogen and oxygen atoms in total. The van der Waals surface area contributed by atoms with E-state index in [0.29, 0.717) is 5.92 Å². The molecule has 1 fully saturated rings. The molecule has 1 rings (SSSR count). The summed E-state index contributed by atoms with van der Waals surface area (Å²) < 4.78 is 0. The van der Waals surface area contributed by atoms with Crippen LogP contribution in [0.2, 0.25) is 0 Å². The van der Waals surface area contributed by atoms with Crippen LogP contribution in [0.3, 0.4) is 0 Å². The van der Waals surface area contributed by atoms with Crippen LogP contribution in [0, 0.1) is 11.3 Å². The van der Waals surface area contributed by atoms with Gasteiger partial charge in [0.1, 0.15) is 0 Å². The highest BCUT2D eigenvalue weighted by Gasteiger charge is 2.34. The van der Waals surface area contributed by atoms with Crippen molar-refractivity contribution in [1.82, 2.24) is 0 Å². The molecule has 1 unspecified atom stereocenters. The van der Waals surface area contributed by atoms with Crippen molar-refractivity contribution < 1.29 is 0 Å². The predicted octanol–water partition coefficient (Wildman–Crippen LogP) is 3.72. The molecule has 12 heavy (non-hydrogen) atoms. The largest absolute Gasteiger partial charge is 0.102 e. The van der Waals surface area contributed by atoms with Crippen LogP contribution in [-0.4, -0.2) is 0 Å². The summed E-state index contributed by atoms with van der Waals surface area (Å²) in [4.78, 5) is 0. The van der Waals surface area contributed by atoms with Crippen LogP contribution in [0.1, 0.15) is 26.2 Å². The van der Waals surface area contributed by atoms with Gasteiger partial charge in [-0.15, -0.1) is 13.2 Å². The van der Waals surface area contributed by atoms with Crippen LogP contribution in [0.4, 0.5) is 0 Å². The third-order valence-electron chi connectivity index (χ3n) is 3.29. The maximum absolute atomic E-state index is 4.09. The Morgan fingerprint density at radius 2 is 2.00 bits per heavy atom. The maximum atomic E-state index is 4.09. The van der Waals surface area contributed by atoms with Crippen molar-refractivity contribution in [1.29, 1.82) is 0 Å². The summed E-state index contributed by atoms with van der Waals surface area (Å²) in [6, 6.07) is 0. The maximum Gasteiger partial charge on any atom is 0.0119 e. The lowest BCUT2D eigenvalue weighted by Crippen LogP contribution is -2.29. The Kier molecular flexibility index (Phi) is 2.56. The van der Waals surface area contributed by atoms with Gasteiger partial charge in [-0.2, -0.15) is 0 Å². The predicted molar refractivity (Wildman–Crippen MR) is 55.0 cm³/mol. The molecule has 1 aliphatic carbocycles. The zero-order valence-electron chi connectivity index (χ0n) is 7.97. The van der Waals surface area contributed by atoms with Crippen molar-refractivity contribution in [2.45, 2.75) is 26.2 Å². The van der Waals surface area contributed by atoms with Gasteiger partial charge in [0.05, 0.1) is 0 Å². The first-order chi connectivity index (χ1) is 5.66. The van der Waals surface area contributed by atoms with E-state index in [1.165, 1.54) is 24.8 Å². The summed E-state index contributed by atoms with van der Waals surface area (Å²) >= 11 is 0. The van der Waals surface area contributed by atoms with Crippen molar-refractivity contribution in [3.8, 4) is 0 Å². The number of allylic oxidation sites excluding steroid dienone is 3. The van der Waals surface area contributed by atoms with Gasteiger partial charge in [-0.25, -0.2) is 0 Å². The van der Waals surface area contributed by atoms with E-state index in [9.17, 15) is 0 Å². The minimum Gasteiger partial charge on any atom is -0.102 e. The van der Waals surface area contributed by atoms with Gasteiger partial charge in [-0.05, 0) is 25.2 Å². The molecule has 0 heteroatoms. The SMILES string of the molecule is C=CC1(C=C)CCCC(=C)C1C. The van der Waals surface area contributed by atoms with Crippen molar-refractivity contribution in [2.24, 2.45) is 11.3 Å². The molecule has 0 heterocycles. The van der Waals surface area contributed by atoms with Gasteiger partial charge in [0.25, 0.3) is 0 Å². The lowest BCUT2D eigenvalue weighted by molar-refractivity contribution is 0.289. The minimum atomic E-state index is 0.120. The Bertz CT molecular complexity index is 202. The van der Waals surface area contributed by atoms with E-state index in [-0.39, 0.29) is 5.41 Å². The van der Waals surface area contributed by atoms with Gasteiger partial charge in [0.15, 0.2) is 0 Å². The molecule has 1 saturated carbocycles. The Hall–Kier alpha value is -0.780. The lowest BCUT2D eigenvalue weighted by Gasteiger charge is -2.39. The standard InChI is InChI=1S/C12H18/c1-5-12(6-2)9-7-8-10(3)11(12)4/h5-6,11H,1-3,7-9H2,4H3. The molecule has 0 amide bonds. The van der Waals surface area contributed by atoms with Crippen molar-refractivity contribution in [3.05, 3.63) is 37.5 Å². The van der Waals surface area contributed by atoms with Gasteiger partial charge < -0.3 is 0 Å². The van der Waals surface area contributed by atoms with E-state index in [1.807, 2.05) is 12.2 Å². The summed E-state index contributed by atoms with van der Waals surface area (Å²) in [5.74, 6) is 0.515. The second-order valence-electron chi connectivity index (χ2n) is 3.75. The van der Waals surface area contributed by atoms with Crippen LogP contribution in [0.15, 0.2) is 37.5 Å². The fraction of sp³-hybridized carbons (Fsp3) is 0.500. The molecule has 1 atom stereocenters. The van der Waals surface area contributed by atoms with Crippen LogP contribution in [-0.2, 0) is 0 Å². The van der Waals surface area contributed by atoms with Gasteiger partial charge in [-0.1, -0.05) is 31.2 Å². The van der Waals surface area contributed by atoms with E-state index in [1.54, 1.807) is 0 Å². The Morgan fingerprint density at radius 3 is 2.42 bits per heavy atom. The van der Waals surface area contributed by atoms with Crippen LogP contribution < -0.4 is 0 Å². The van der Waals surface area contributed by atoms with Crippen LogP contribution in [0.25, 0.3) is 0 Å². The third kappa shape index (κ3) is 1.26. The summed E-state index contributed by atoms with van der Waals surface area (Å²) in [6.45, 7) is 14.1. The second-order valence-corrected chi connectivity index (χ2v) is 3.75. The molecule has 0 aliphatic heterocycles. The van der Waals surface area contributed by atoms with E-state index >= 15 is 0 Å². The first kappa shape index (κ1) is 9.31. The van der Waals surface area contributed by atoms with E-state index in [2.05, 4.69) is 26.7 Å². The highest BCUT2D eigenvalue weighted by molar-refractivity contribution is 5.20. The first-order valence-corrected chi connectivity index (χ1v) is 4.61. The Labute approximate surface area is 75.7 Å². The molecule has 0 saturated heterocycles. The number of hydrogen-bond donors (Lipinski definition) is 0. The molecule has 0 radical (unpaired) electrons. The molecule has 0 aromatic rings. The monoisotopic (exact) mass is 162 g/mol. The fourth-order valence-corrected chi connectivity index (χ4v) is 2.08. The van der Waals surface area contributed by atoms with Crippen molar-refractivity contribution >= 4 is 0 Å². The van der Waals surface area contributed by atoms with Crippen LogP contribution in [0.5, 0.6) is 0 Å². The van der Waals surface area contributed by atoms with Gasteiger partial charge in [0, 0.05) is 5.41 Å². The highest BCUT2D eigenvalue weighted by atomic mass is 14.4. The smallest absolute Gasteiger partial charge is 0.0119 e. The topological polar surface area (TPSA) is 0 Å². The molecular weight excluding hydrogens is 144 g/mol. The third-order valence-corrected chi connectivity index (χ3v) is 3.29. The van der Waals surface area contributed by atoms with Gasteiger partial charge >= 0.3 is 0 Å². The lowest BCUT2D eigenvalue weighted by atomic mass is 9.65. The summed E-state index contributed by atoms with van der Waals surface area (Å²) in [5.41, 5.74) is 1.47. The Balaban J connectivity index is 2.93. The van der Waals surface area contributed by atoms with Gasteiger partial charge in [0.2, 0.25) is 0 Å². The number of hydrogen-bond acceptors (Lipinski definition) is 0. The number of rotatable bonds is 2. The average molecular weight is 162 g/mol. The summed E-state index contributed by atoms with van der Waals surface area (Å²) in [7, 11) is 0. The van der Waals surface area contributed by atoms with Crippen molar-refractivity contribution in [3.63, 3.8) is 0 Å². The highest BCUT2D eigenvalue weighted by Crippen LogP contribution is 2.44. The zero-order valence-corrected chi connectivity index (χ0v) is 7.97. The molecule has 1 aliphatic rings. The molecule has 0 aromatic carbocycles. The van der Waals surface area contributed by atoms with Crippen molar-refractivity contribution in [2.75, 3.05) is 0 Å². The molecule has 0 spiro atoms. The summed E-state index contributed by atoms with van der Waals surface area (Å²) in [6.07, 6.45) is 7.65. The van der Waals surface area contributed by atoms with E-state index in [4.69, 9.17) is 0 Å². The fourth-order valence-electron chi connectivity index (χ4n) is 2.08. The first-order valence-electron chi connectivity index (χ1n) is 4.61. The van der Waals surface area contributed by atoms with E-state index < -0.39 is 0 Å². The Morgan fingerprint density at radius 1 is 1.42 bits per heavy atom. The molecule has 0 bridgehead atoms. The summed E-state index contributed by atoms with van der Waals surface area (Å²) in [5, 5.41) is 0. The quantitative estimate of drug-likeness (QED) is 0.543. The van der Waals surface area contributed by atoms with Gasteiger partial charge in [-0.3, -0.25) is 0 Å². The normalized spacial score (nSPS) is 28.1. The zero-order chi connectivity index (χ0) is 9.19. The second kappa shape index (κ2) is 3.30. The molecule has 0 aromatic heterocycles. The average Bonchev–Trinajstić information content (AvgIpc) is 2.11. The molecule has 0 N–H and O–H groups in total. The molecule has 66 valence electrons. The minimum absolute atomic E-state index is 0.120. The van der Waals surface area contributed by atoms with E-state index in [0.717, 1.165) is 0 Å².